The predicted octanol–water partition coefficient (Wildman–Crippen LogP) is 1.61. The largest absolute Gasteiger partial charge is 0.498 e. The van der Waals surface area contributed by atoms with Gasteiger partial charge < -0.3 is 9.80 Å². The van der Waals surface area contributed by atoms with E-state index in [1.165, 1.54) is 30.9 Å². The van der Waals surface area contributed by atoms with E-state index in [-0.39, 0.29) is 60.3 Å². The van der Waals surface area contributed by atoms with Crippen molar-refractivity contribution in [2.75, 3.05) is 19.6 Å². The van der Waals surface area contributed by atoms with Gasteiger partial charge in [-0.25, -0.2) is 9.18 Å². The molecule has 1 N–H and O–H groups in total. The summed E-state index contributed by atoms with van der Waals surface area (Å²) in [7, 11) is 0. The Kier molecular flexibility index (Phi) is 8.03. The number of alkyl halides is 3. The van der Waals surface area contributed by atoms with Crippen molar-refractivity contribution in [3.63, 3.8) is 0 Å². The number of aromatic nitrogens is 2. The first kappa shape index (κ1) is 27.8. The lowest BCUT2D eigenvalue weighted by atomic mass is 10.0. The summed E-state index contributed by atoms with van der Waals surface area (Å²) < 4.78 is 53.0. The van der Waals surface area contributed by atoms with Crippen molar-refractivity contribution in [1.82, 2.24) is 14.9 Å². The first-order valence-corrected chi connectivity index (χ1v) is 11.5. The van der Waals surface area contributed by atoms with E-state index in [1.807, 2.05) is 13.8 Å². The van der Waals surface area contributed by atoms with E-state index >= 15 is 0 Å². The van der Waals surface area contributed by atoms with Crippen molar-refractivity contribution >= 4 is 17.8 Å². The summed E-state index contributed by atoms with van der Waals surface area (Å²) in [5, 5.41) is 2.07. The molecule has 2 aromatic rings. The maximum atomic E-state index is 14.7. The number of aromatic amines is 1. The summed E-state index contributed by atoms with van der Waals surface area (Å²) in [5.74, 6) is -4.10. The highest BCUT2D eigenvalue weighted by Crippen LogP contribution is 2.19. The van der Waals surface area contributed by atoms with Crippen LogP contribution in [0.25, 0.3) is 0 Å². The lowest BCUT2D eigenvalue weighted by molar-refractivity contribution is -0.921. The molecule has 1 aromatic heterocycles. The maximum absolute atomic E-state index is 14.7. The van der Waals surface area contributed by atoms with E-state index < -0.39 is 29.4 Å². The summed E-state index contributed by atoms with van der Waals surface area (Å²) in [6, 6.07) is 3.57. The van der Waals surface area contributed by atoms with Gasteiger partial charge in [0.1, 0.15) is 10.7 Å². The van der Waals surface area contributed by atoms with Gasteiger partial charge >= 0.3 is 17.7 Å². The van der Waals surface area contributed by atoms with Crippen LogP contribution in [0.1, 0.15) is 53.0 Å². The molecular weight excluding hydrogens is 500 g/mol. The second-order valence-electron chi connectivity index (χ2n) is 9.02. The topological polar surface area (TPSA) is 104 Å². The molecule has 1 fully saturated rings. The predicted molar refractivity (Wildman–Crippen MR) is 121 cm³/mol. The van der Waals surface area contributed by atoms with Gasteiger partial charge in [-0.05, 0) is 45.4 Å². The van der Waals surface area contributed by atoms with Gasteiger partial charge in [0.25, 0.3) is 11.6 Å². The van der Waals surface area contributed by atoms with Crippen LogP contribution in [0, 0.1) is 19.7 Å². The van der Waals surface area contributed by atoms with Gasteiger partial charge in [0.05, 0.1) is 12.0 Å². The third-order valence-corrected chi connectivity index (χ3v) is 6.26. The summed E-state index contributed by atoms with van der Waals surface area (Å²) >= 11 is 0. The molecule has 1 aromatic carbocycles. The maximum Gasteiger partial charge on any atom is 0.498 e. The molecular formula is C24H27F4N4O5+. The van der Waals surface area contributed by atoms with Crippen LogP contribution >= 0.6 is 0 Å². The summed E-state index contributed by atoms with van der Waals surface area (Å²) in [6.07, 6.45) is -5.42. The third-order valence-electron chi connectivity index (χ3n) is 6.26. The van der Waals surface area contributed by atoms with Crippen molar-refractivity contribution in [3.8, 4) is 0 Å². The molecule has 0 radical (unpaired) electrons. The minimum Gasteiger partial charge on any atom is -0.338 e. The number of amides is 2. The molecule has 3 rings (SSSR count). The van der Waals surface area contributed by atoms with Gasteiger partial charge in [-0.15, -0.1) is 0 Å². The lowest BCUT2D eigenvalue weighted by Crippen LogP contribution is -2.58. The number of H-pyrrole nitrogens is 1. The Hall–Kier alpha value is -3.77. The Labute approximate surface area is 209 Å². The molecule has 1 aliphatic rings. The van der Waals surface area contributed by atoms with Gasteiger partial charge in [-0.1, -0.05) is 11.2 Å². The number of nitrogens with zero attached hydrogens (tertiary/aromatic N) is 3. The molecule has 0 unspecified atom stereocenters. The number of benzene rings is 1. The van der Waals surface area contributed by atoms with E-state index in [0.29, 0.717) is 17.0 Å². The molecule has 200 valence electrons. The number of carbonyl (C=O) groups excluding carboxylic acids is 3. The zero-order valence-electron chi connectivity index (χ0n) is 20.7. The van der Waals surface area contributed by atoms with Gasteiger partial charge in [-0.2, -0.15) is 18.0 Å². The van der Waals surface area contributed by atoms with Crippen molar-refractivity contribution in [1.29, 1.82) is 0 Å². The highest BCUT2D eigenvalue weighted by Gasteiger charge is 2.46. The van der Waals surface area contributed by atoms with Crippen LogP contribution in [0.3, 0.4) is 0 Å². The molecule has 9 nitrogen and oxygen atoms in total. The Morgan fingerprint density at radius 1 is 1.11 bits per heavy atom. The molecule has 1 saturated heterocycles. The zero-order chi connectivity index (χ0) is 27.7. The molecule has 0 bridgehead atoms. The minimum atomic E-state index is -5.31. The molecule has 0 spiro atoms. The van der Waals surface area contributed by atoms with Crippen LogP contribution in [0.4, 0.5) is 17.6 Å². The van der Waals surface area contributed by atoms with E-state index in [2.05, 4.69) is 9.94 Å². The molecule has 2 heterocycles. The van der Waals surface area contributed by atoms with Crippen molar-refractivity contribution in [3.05, 3.63) is 62.3 Å². The Morgan fingerprint density at radius 3 is 2.41 bits per heavy atom. The molecule has 1 aliphatic heterocycles. The number of nitrogens with one attached hydrogen (secondary N) is 1. The smallest absolute Gasteiger partial charge is 0.338 e. The van der Waals surface area contributed by atoms with E-state index in [1.54, 1.807) is 4.90 Å². The van der Waals surface area contributed by atoms with Crippen LogP contribution in [-0.4, -0.2) is 64.5 Å². The molecule has 0 saturated carbocycles. The van der Waals surface area contributed by atoms with Crippen LogP contribution in [-0.2, 0) is 16.0 Å². The van der Waals surface area contributed by atoms with Crippen molar-refractivity contribution < 1.29 is 41.6 Å². The molecule has 2 amide bonds. The highest BCUT2D eigenvalue weighted by molar-refractivity contribution is 5.95. The first-order chi connectivity index (χ1) is 17.2. The van der Waals surface area contributed by atoms with Gasteiger partial charge in [-0.3, -0.25) is 14.4 Å². The van der Waals surface area contributed by atoms with Crippen molar-refractivity contribution in [2.45, 2.75) is 52.8 Å². The fraction of sp³-hybridized carbons (Fsp3) is 0.458. The van der Waals surface area contributed by atoms with Crippen LogP contribution in [0.5, 0.6) is 0 Å². The second kappa shape index (κ2) is 10.7. The van der Waals surface area contributed by atoms with Crippen molar-refractivity contribution in [2.24, 2.45) is 0 Å². The van der Waals surface area contributed by atoms with Crippen LogP contribution in [0.2, 0.25) is 0 Å². The molecule has 0 aliphatic carbocycles. The number of halogens is 4. The summed E-state index contributed by atoms with van der Waals surface area (Å²) in [5.41, 5.74) is -0.316. The average molecular weight is 527 g/mol. The van der Waals surface area contributed by atoms with Gasteiger partial charge in [0.15, 0.2) is 0 Å². The standard InChI is InChI=1S/C24H26F4N4O5/c1-13(2)31-10-9-30(8-7-20(31)33)22(35)17-11-16(5-6-18(17)25)12-19-14(3)15(4)21(34)29-32(19)37-23(36)24(26,27)28/h5-6,11,13H,7-10,12H2,1-4H3/p+1. The minimum absolute atomic E-state index is 0.00680. The fourth-order valence-corrected chi connectivity index (χ4v) is 4.00. The SMILES string of the molecule is Cc1c(C)c(=O)[nH][n+](OC(=O)C(F)(F)F)c1Cc1ccc(F)c(C(=O)N2CCC(=O)N(C(C)C)CC2)c1. The molecule has 0 atom stereocenters. The average Bonchev–Trinajstić information content (AvgIpc) is 3.01. The normalized spacial score (nSPS) is 14.7. The molecule has 13 heteroatoms. The van der Waals surface area contributed by atoms with E-state index in [0.717, 1.165) is 6.07 Å². The van der Waals surface area contributed by atoms with E-state index in [9.17, 15) is 36.7 Å². The second-order valence-corrected chi connectivity index (χ2v) is 9.02. The van der Waals surface area contributed by atoms with Gasteiger partial charge in [0.2, 0.25) is 5.91 Å². The number of hydrogen-bond acceptors (Lipinski definition) is 5. The van der Waals surface area contributed by atoms with E-state index in [4.69, 9.17) is 0 Å². The molecule has 37 heavy (non-hydrogen) atoms. The zero-order valence-corrected chi connectivity index (χ0v) is 20.7. The fourth-order valence-electron chi connectivity index (χ4n) is 4.00. The number of rotatable bonds is 5. The Balaban J connectivity index is 1.93. The number of carbonyl (C=O) groups is 3. The quantitative estimate of drug-likeness (QED) is 0.470. The lowest BCUT2D eigenvalue weighted by Gasteiger charge is -2.25. The van der Waals surface area contributed by atoms with Gasteiger partial charge in [0, 0.05) is 43.2 Å². The Bertz CT molecular complexity index is 1290. The summed E-state index contributed by atoms with van der Waals surface area (Å²) in [6.45, 7) is 7.23. The van der Waals surface area contributed by atoms with Crippen LogP contribution < -0.4 is 15.2 Å². The Morgan fingerprint density at radius 2 is 1.78 bits per heavy atom. The third kappa shape index (κ3) is 6.15. The monoisotopic (exact) mass is 527 g/mol. The summed E-state index contributed by atoms with van der Waals surface area (Å²) in [4.78, 5) is 56.7. The first-order valence-electron chi connectivity index (χ1n) is 11.5. The number of hydrogen-bond donors (Lipinski definition) is 1. The highest BCUT2D eigenvalue weighted by atomic mass is 19.4. The van der Waals surface area contributed by atoms with Crippen LogP contribution in [0.15, 0.2) is 23.0 Å².